The standard InChI is InChI=1S/C25H30N2O3/c28-25(26-21-9-3-7-18-6-1-2-8-20(18)21)17-27-13-4-10-22(27)19-11-12-23-24(16-19)30-15-5-14-29-23/h1-2,6,8,11-12,16,21-22H,3-5,7,9-10,13-15,17H2,(H,26,28)/t21-,22-/m0/s1. The van der Waals surface area contributed by atoms with Crippen molar-refractivity contribution in [3.63, 3.8) is 0 Å². The van der Waals surface area contributed by atoms with Crippen molar-refractivity contribution in [3.8, 4) is 11.5 Å². The number of hydrogen-bond acceptors (Lipinski definition) is 4. The highest BCUT2D eigenvalue weighted by molar-refractivity contribution is 5.78. The minimum atomic E-state index is 0.123. The normalized spacial score (nSPS) is 23.5. The molecular formula is C25H30N2O3. The van der Waals surface area contributed by atoms with Crippen molar-refractivity contribution in [2.24, 2.45) is 0 Å². The van der Waals surface area contributed by atoms with E-state index in [9.17, 15) is 4.79 Å². The molecular weight excluding hydrogens is 376 g/mol. The first-order valence-corrected chi connectivity index (χ1v) is 11.3. The number of benzene rings is 2. The highest BCUT2D eigenvalue weighted by atomic mass is 16.5. The number of fused-ring (bicyclic) bond motifs is 2. The number of amides is 1. The fourth-order valence-corrected chi connectivity index (χ4v) is 5.11. The number of aryl methyl sites for hydroxylation is 1. The van der Waals surface area contributed by atoms with Gasteiger partial charge in [-0.3, -0.25) is 9.69 Å². The Morgan fingerprint density at radius 1 is 1.00 bits per heavy atom. The van der Waals surface area contributed by atoms with Gasteiger partial charge in [0.05, 0.1) is 25.8 Å². The van der Waals surface area contributed by atoms with Gasteiger partial charge in [0.25, 0.3) is 0 Å². The molecule has 158 valence electrons. The zero-order valence-electron chi connectivity index (χ0n) is 17.4. The van der Waals surface area contributed by atoms with Gasteiger partial charge in [-0.25, -0.2) is 0 Å². The van der Waals surface area contributed by atoms with Crippen molar-refractivity contribution in [1.29, 1.82) is 0 Å². The summed E-state index contributed by atoms with van der Waals surface area (Å²) in [6.45, 7) is 2.79. The van der Waals surface area contributed by atoms with Crippen LogP contribution in [0, 0.1) is 0 Å². The Kier molecular flexibility index (Phi) is 5.63. The summed E-state index contributed by atoms with van der Waals surface area (Å²) in [7, 11) is 0. The van der Waals surface area contributed by atoms with Gasteiger partial charge in [0, 0.05) is 12.5 Å². The first kappa shape index (κ1) is 19.4. The van der Waals surface area contributed by atoms with Crippen LogP contribution < -0.4 is 14.8 Å². The molecule has 2 aromatic rings. The molecule has 2 aliphatic heterocycles. The van der Waals surface area contributed by atoms with Gasteiger partial charge in [0.1, 0.15) is 0 Å². The minimum Gasteiger partial charge on any atom is -0.490 e. The summed E-state index contributed by atoms with van der Waals surface area (Å²) >= 11 is 0. The smallest absolute Gasteiger partial charge is 0.234 e. The van der Waals surface area contributed by atoms with E-state index in [-0.39, 0.29) is 18.0 Å². The Morgan fingerprint density at radius 2 is 1.87 bits per heavy atom. The van der Waals surface area contributed by atoms with Crippen LogP contribution in [0.2, 0.25) is 0 Å². The Hall–Kier alpha value is -2.53. The van der Waals surface area contributed by atoms with Crippen LogP contribution in [0.15, 0.2) is 42.5 Å². The molecule has 1 amide bonds. The fraction of sp³-hybridized carbons (Fsp3) is 0.480. The first-order chi connectivity index (χ1) is 14.8. The zero-order valence-corrected chi connectivity index (χ0v) is 17.4. The molecule has 0 aromatic heterocycles. The van der Waals surface area contributed by atoms with E-state index in [1.165, 1.54) is 16.7 Å². The van der Waals surface area contributed by atoms with Crippen LogP contribution in [0.5, 0.6) is 11.5 Å². The van der Waals surface area contributed by atoms with E-state index >= 15 is 0 Å². The number of rotatable bonds is 4. The van der Waals surface area contributed by atoms with Crippen LogP contribution in [0.25, 0.3) is 0 Å². The molecule has 1 N–H and O–H groups in total. The molecule has 5 rings (SSSR count). The van der Waals surface area contributed by atoms with Crippen LogP contribution in [-0.4, -0.2) is 37.1 Å². The average Bonchev–Trinajstić information content (AvgIpc) is 3.09. The topological polar surface area (TPSA) is 50.8 Å². The molecule has 1 fully saturated rings. The largest absolute Gasteiger partial charge is 0.490 e. The predicted octanol–water partition coefficient (Wildman–Crippen LogP) is 4.18. The lowest BCUT2D eigenvalue weighted by molar-refractivity contribution is -0.123. The SMILES string of the molecule is O=C(CN1CCC[C@H]1c1ccc2c(c1)OCCCO2)N[C@H]1CCCc2ccccc21. The van der Waals surface area contributed by atoms with Crippen molar-refractivity contribution in [2.45, 2.75) is 50.6 Å². The van der Waals surface area contributed by atoms with Gasteiger partial charge in [-0.15, -0.1) is 0 Å². The summed E-state index contributed by atoms with van der Waals surface area (Å²) in [5.74, 6) is 1.78. The fourth-order valence-electron chi connectivity index (χ4n) is 5.11. The second-order valence-corrected chi connectivity index (χ2v) is 8.60. The maximum atomic E-state index is 12.9. The van der Waals surface area contributed by atoms with Crippen LogP contribution in [0.4, 0.5) is 0 Å². The molecule has 30 heavy (non-hydrogen) atoms. The molecule has 5 nitrogen and oxygen atoms in total. The van der Waals surface area contributed by atoms with Crippen LogP contribution >= 0.6 is 0 Å². The number of carbonyl (C=O) groups excluding carboxylic acids is 1. The number of carbonyl (C=O) groups is 1. The summed E-state index contributed by atoms with van der Waals surface area (Å²) in [5, 5.41) is 3.31. The summed E-state index contributed by atoms with van der Waals surface area (Å²) in [6.07, 6.45) is 6.35. The van der Waals surface area contributed by atoms with E-state index in [2.05, 4.69) is 46.6 Å². The van der Waals surface area contributed by atoms with E-state index < -0.39 is 0 Å². The molecule has 1 aliphatic carbocycles. The Balaban J connectivity index is 1.26. The lowest BCUT2D eigenvalue weighted by Crippen LogP contribution is -2.39. The molecule has 5 heteroatoms. The number of likely N-dealkylation sites (tertiary alicyclic amines) is 1. The van der Waals surface area contributed by atoms with Crippen molar-refractivity contribution < 1.29 is 14.3 Å². The Bertz CT molecular complexity index is 913. The van der Waals surface area contributed by atoms with Crippen molar-refractivity contribution >= 4 is 5.91 Å². The lowest BCUT2D eigenvalue weighted by Gasteiger charge is -2.29. The third-order valence-electron chi connectivity index (χ3n) is 6.57. The minimum absolute atomic E-state index is 0.123. The Labute approximate surface area is 178 Å². The Morgan fingerprint density at radius 3 is 2.80 bits per heavy atom. The number of nitrogens with one attached hydrogen (secondary N) is 1. The second kappa shape index (κ2) is 8.68. The zero-order chi connectivity index (χ0) is 20.3. The quantitative estimate of drug-likeness (QED) is 0.828. The molecule has 2 aromatic carbocycles. The van der Waals surface area contributed by atoms with Crippen molar-refractivity contribution in [2.75, 3.05) is 26.3 Å². The molecule has 0 saturated carbocycles. The average molecular weight is 407 g/mol. The molecule has 0 spiro atoms. The van der Waals surface area contributed by atoms with E-state index in [1.54, 1.807) is 0 Å². The van der Waals surface area contributed by atoms with Crippen molar-refractivity contribution in [1.82, 2.24) is 10.2 Å². The third kappa shape index (κ3) is 4.04. The van der Waals surface area contributed by atoms with Gasteiger partial charge in [-0.1, -0.05) is 30.3 Å². The molecule has 0 bridgehead atoms. The molecule has 2 heterocycles. The maximum absolute atomic E-state index is 12.9. The summed E-state index contributed by atoms with van der Waals surface area (Å²) in [4.78, 5) is 15.2. The van der Waals surface area contributed by atoms with Gasteiger partial charge >= 0.3 is 0 Å². The number of hydrogen-bond donors (Lipinski definition) is 1. The lowest BCUT2D eigenvalue weighted by atomic mass is 9.88. The van der Waals surface area contributed by atoms with Crippen LogP contribution in [0.1, 0.15) is 60.9 Å². The van der Waals surface area contributed by atoms with Crippen LogP contribution in [0.3, 0.4) is 0 Å². The molecule has 0 radical (unpaired) electrons. The van der Waals surface area contributed by atoms with Gasteiger partial charge in [0.2, 0.25) is 5.91 Å². The second-order valence-electron chi connectivity index (χ2n) is 8.60. The highest BCUT2D eigenvalue weighted by Crippen LogP contribution is 2.38. The van der Waals surface area contributed by atoms with Crippen molar-refractivity contribution in [3.05, 3.63) is 59.2 Å². The maximum Gasteiger partial charge on any atom is 0.234 e. The highest BCUT2D eigenvalue weighted by Gasteiger charge is 2.30. The van der Waals surface area contributed by atoms with Gasteiger partial charge in [-0.2, -0.15) is 0 Å². The van der Waals surface area contributed by atoms with Gasteiger partial charge in [0.15, 0.2) is 11.5 Å². The predicted molar refractivity (Wildman–Crippen MR) is 116 cm³/mol. The molecule has 0 unspecified atom stereocenters. The molecule has 3 aliphatic rings. The van der Waals surface area contributed by atoms with Gasteiger partial charge < -0.3 is 14.8 Å². The van der Waals surface area contributed by atoms with Gasteiger partial charge in [-0.05, 0) is 67.5 Å². The summed E-state index contributed by atoms with van der Waals surface area (Å²) in [6, 6.07) is 15.2. The van der Waals surface area contributed by atoms with E-state index in [0.29, 0.717) is 19.8 Å². The monoisotopic (exact) mass is 406 g/mol. The molecule has 1 saturated heterocycles. The first-order valence-electron chi connectivity index (χ1n) is 11.3. The van der Waals surface area contributed by atoms with E-state index in [0.717, 1.165) is 56.6 Å². The summed E-state index contributed by atoms with van der Waals surface area (Å²) in [5.41, 5.74) is 3.88. The van der Waals surface area contributed by atoms with E-state index in [4.69, 9.17) is 9.47 Å². The molecule has 2 atom stereocenters. The van der Waals surface area contributed by atoms with Crippen LogP contribution in [-0.2, 0) is 11.2 Å². The number of ether oxygens (including phenoxy) is 2. The third-order valence-corrected chi connectivity index (χ3v) is 6.57. The number of nitrogens with zero attached hydrogens (tertiary/aromatic N) is 1. The summed E-state index contributed by atoms with van der Waals surface area (Å²) < 4.78 is 11.6. The van der Waals surface area contributed by atoms with E-state index in [1.807, 2.05) is 6.07 Å².